The van der Waals surface area contributed by atoms with Gasteiger partial charge in [0, 0.05) is 17.6 Å². The Morgan fingerprint density at radius 2 is 2.06 bits per heavy atom. The average Bonchev–Trinajstić information content (AvgIpc) is 2.71. The van der Waals surface area contributed by atoms with Crippen molar-refractivity contribution in [1.82, 2.24) is 5.32 Å². The molecule has 100 valence electrons. The topological polar surface area (TPSA) is 73.6 Å². The second-order valence-corrected chi connectivity index (χ2v) is 4.74. The molecule has 6 heteroatoms. The normalized spacial score (nSPS) is 12.8. The van der Waals surface area contributed by atoms with Crippen LogP contribution in [-0.2, 0) is 0 Å². The van der Waals surface area contributed by atoms with Gasteiger partial charge in [-0.15, -0.1) is 12.4 Å². The molecule has 0 spiro atoms. The van der Waals surface area contributed by atoms with Crippen molar-refractivity contribution in [1.29, 1.82) is 0 Å². The number of rotatable bonds is 3. The summed E-state index contributed by atoms with van der Waals surface area (Å²) in [4.78, 5) is 11.8. The van der Waals surface area contributed by atoms with Gasteiger partial charge in [0.15, 0.2) is 11.5 Å². The third-order valence-electron chi connectivity index (χ3n) is 2.34. The first-order chi connectivity index (χ1) is 7.96. The van der Waals surface area contributed by atoms with Crippen LogP contribution in [0.25, 0.3) is 0 Å². The molecule has 0 saturated heterocycles. The second kappa shape index (κ2) is 5.46. The van der Waals surface area contributed by atoms with E-state index < -0.39 is 5.54 Å². The molecular formula is C12H17ClN2O3. The van der Waals surface area contributed by atoms with Gasteiger partial charge in [-0.1, -0.05) is 0 Å². The highest BCUT2D eigenvalue weighted by molar-refractivity contribution is 5.95. The van der Waals surface area contributed by atoms with Gasteiger partial charge >= 0.3 is 0 Å². The number of nitrogens with one attached hydrogen (secondary N) is 1. The first kappa shape index (κ1) is 14.6. The van der Waals surface area contributed by atoms with Gasteiger partial charge in [-0.05, 0) is 32.0 Å². The number of halogens is 1. The van der Waals surface area contributed by atoms with Crippen LogP contribution in [0.1, 0.15) is 24.2 Å². The monoisotopic (exact) mass is 272 g/mol. The van der Waals surface area contributed by atoms with Crippen LogP contribution in [0.3, 0.4) is 0 Å². The minimum atomic E-state index is -0.425. The van der Waals surface area contributed by atoms with Gasteiger partial charge in [0.05, 0.1) is 0 Å². The maximum Gasteiger partial charge on any atom is 0.251 e. The van der Waals surface area contributed by atoms with Crippen LogP contribution in [0.5, 0.6) is 11.5 Å². The summed E-state index contributed by atoms with van der Waals surface area (Å²) in [6, 6.07) is 5.10. The third kappa shape index (κ3) is 3.51. The smallest absolute Gasteiger partial charge is 0.251 e. The lowest BCUT2D eigenvalue weighted by atomic mass is 10.1. The summed E-state index contributed by atoms with van der Waals surface area (Å²) < 4.78 is 10.4. The summed E-state index contributed by atoms with van der Waals surface area (Å²) in [6.45, 7) is 4.33. The van der Waals surface area contributed by atoms with E-state index in [2.05, 4.69) is 5.32 Å². The van der Waals surface area contributed by atoms with Crippen molar-refractivity contribution in [3.63, 3.8) is 0 Å². The van der Waals surface area contributed by atoms with Gasteiger partial charge in [-0.2, -0.15) is 0 Å². The summed E-state index contributed by atoms with van der Waals surface area (Å²) in [5.74, 6) is 1.10. The lowest BCUT2D eigenvalue weighted by Crippen LogP contribution is -2.45. The Labute approximate surface area is 112 Å². The Morgan fingerprint density at radius 1 is 1.39 bits per heavy atom. The number of fused-ring (bicyclic) bond motifs is 1. The fourth-order valence-corrected chi connectivity index (χ4v) is 1.45. The summed E-state index contributed by atoms with van der Waals surface area (Å²) in [6.07, 6.45) is 0. The maximum atomic E-state index is 11.8. The van der Waals surface area contributed by atoms with Gasteiger partial charge < -0.3 is 20.5 Å². The molecule has 0 unspecified atom stereocenters. The van der Waals surface area contributed by atoms with E-state index in [-0.39, 0.29) is 25.1 Å². The molecule has 2 rings (SSSR count). The number of hydrogen-bond acceptors (Lipinski definition) is 4. The Bertz CT molecular complexity index is 443. The summed E-state index contributed by atoms with van der Waals surface area (Å²) >= 11 is 0. The SMILES string of the molecule is CC(C)(N)CNC(=O)c1ccc2c(c1)OCO2.Cl. The second-order valence-electron chi connectivity index (χ2n) is 4.74. The molecule has 0 fully saturated rings. The van der Waals surface area contributed by atoms with Gasteiger partial charge in [0.25, 0.3) is 5.91 Å². The highest BCUT2D eigenvalue weighted by atomic mass is 35.5. The highest BCUT2D eigenvalue weighted by Gasteiger charge is 2.17. The molecule has 0 aliphatic carbocycles. The van der Waals surface area contributed by atoms with E-state index in [9.17, 15) is 4.79 Å². The summed E-state index contributed by atoms with van der Waals surface area (Å²) in [5, 5.41) is 2.77. The number of ether oxygens (including phenoxy) is 2. The molecule has 1 amide bonds. The predicted molar refractivity (Wildman–Crippen MR) is 70.4 cm³/mol. The number of amides is 1. The van der Waals surface area contributed by atoms with Crippen molar-refractivity contribution in [3.05, 3.63) is 23.8 Å². The average molecular weight is 273 g/mol. The molecule has 0 atom stereocenters. The van der Waals surface area contributed by atoms with Gasteiger partial charge in [-0.3, -0.25) is 4.79 Å². The van der Waals surface area contributed by atoms with Crippen LogP contribution in [0, 0.1) is 0 Å². The van der Waals surface area contributed by atoms with E-state index >= 15 is 0 Å². The molecule has 0 radical (unpaired) electrons. The molecule has 1 aromatic rings. The zero-order valence-corrected chi connectivity index (χ0v) is 11.2. The zero-order chi connectivity index (χ0) is 12.5. The molecule has 1 aliphatic heterocycles. The van der Waals surface area contributed by atoms with E-state index in [1.54, 1.807) is 18.2 Å². The molecule has 0 bridgehead atoms. The molecule has 1 aliphatic rings. The van der Waals surface area contributed by atoms with Crippen molar-refractivity contribution in [2.45, 2.75) is 19.4 Å². The van der Waals surface area contributed by atoms with Gasteiger partial charge in [0.1, 0.15) is 0 Å². The van der Waals surface area contributed by atoms with E-state index in [1.165, 1.54) is 0 Å². The number of nitrogens with two attached hydrogens (primary N) is 1. The molecule has 0 aromatic heterocycles. The predicted octanol–water partition coefficient (Wildman–Crippen LogP) is 1.30. The quantitative estimate of drug-likeness (QED) is 0.870. The minimum Gasteiger partial charge on any atom is -0.454 e. The van der Waals surface area contributed by atoms with E-state index in [0.717, 1.165) is 0 Å². The van der Waals surface area contributed by atoms with Crippen molar-refractivity contribution in [3.8, 4) is 11.5 Å². The van der Waals surface area contributed by atoms with Crippen molar-refractivity contribution >= 4 is 18.3 Å². The van der Waals surface area contributed by atoms with Crippen LogP contribution in [0.15, 0.2) is 18.2 Å². The molecule has 1 heterocycles. The fourth-order valence-electron chi connectivity index (χ4n) is 1.45. The molecule has 1 aromatic carbocycles. The summed E-state index contributed by atoms with van der Waals surface area (Å²) in [5.41, 5.74) is 5.91. The van der Waals surface area contributed by atoms with Crippen LogP contribution < -0.4 is 20.5 Å². The van der Waals surface area contributed by atoms with Gasteiger partial charge in [-0.25, -0.2) is 0 Å². The van der Waals surface area contributed by atoms with E-state index in [0.29, 0.717) is 23.6 Å². The van der Waals surface area contributed by atoms with E-state index in [1.807, 2.05) is 13.8 Å². The molecule has 18 heavy (non-hydrogen) atoms. The van der Waals surface area contributed by atoms with Gasteiger partial charge in [0.2, 0.25) is 6.79 Å². The molecule has 0 saturated carbocycles. The Kier molecular flexibility index (Phi) is 4.43. The van der Waals surface area contributed by atoms with E-state index in [4.69, 9.17) is 15.2 Å². The van der Waals surface area contributed by atoms with Crippen molar-refractivity contribution in [2.75, 3.05) is 13.3 Å². The van der Waals surface area contributed by atoms with Crippen LogP contribution >= 0.6 is 12.4 Å². The zero-order valence-electron chi connectivity index (χ0n) is 10.4. The first-order valence-corrected chi connectivity index (χ1v) is 5.42. The minimum absolute atomic E-state index is 0. The van der Waals surface area contributed by atoms with Crippen molar-refractivity contribution in [2.24, 2.45) is 5.73 Å². The third-order valence-corrected chi connectivity index (χ3v) is 2.34. The van der Waals surface area contributed by atoms with Crippen molar-refractivity contribution < 1.29 is 14.3 Å². The number of hydrogen-bond donors (Lipinski definition) is 2. The Morgan fingerprint density at radius 3 is 2.72 bits per heavy atom. The lowest BCUT2D eigenvalue weighted by Gasteiger charge is -2.18. The maximum absolute atomic E-state index is 11.8. The largest absolute Gasteiger partial charge is 0.454 e. The van der Waals surface area contributed by atoms with Crippen LogP contribution in [-0.4, -0.2) is 24.8 Å². The Hall–Kier alpha value is -1.46. The van der Waals surface area contributed by atoms with Crippen LogP contribution in [0.4, 0.5) is 0 Å². The molecule has 5 nitrogen and oxygen atoms in total. The van der Waals surface area contributed by atoms with Crippen LogP contribution in [0.2, 0.25) is 0 Å². The first-order valence-electron chi connectivity index (χ1n) is 5.42. The molecular weight excluding hydrogens is 256 g/mol. The fraction of sp³-hybridized carbons (Fsp3) is 0.417. The lowest BCUT2D eigenvalue weighted by molar-refractivity contribution is 0.0945. The summed E-state index contributed by atoms with van der Waals surface area (Å²) in [7, 11) is 0. The number of benzene rings is 1. The number of carbonyl (C=O) groups excluding carboxylic acids is 1. The Balaban J connectivity index is 0.00000162. The molecule has 3 N–H and O–H groups in total. The number of carbonyl (C=O) groups is 1. The highest BCUT2D eigenvalue weighted by Crippen LogP contribution is 2.32. The standard InChI is InChI=1S/C12H16N2O3.ClH/c1-12(2,13)6-14-11(15)8-3-4-9-10(5-8)17-7-16-9;/h3-5H,6-7,13H2,1-2H3,(H,14,15);1H.